The minimum absolute atomic E-state index is 0.101. The quantitative estimate of drug-likeness (QED) is 0.342. The van der Waals surface area contributed by atoms with E-state index in [1.165, 1.54) is 83.5 Å². The third-order valence-corrected chi connectivity index (χ3v) is 4.98. The molecule has 132 valence electrons. The summed E-state index contributed by atoms with van der Waals surface area (Å²) in [5.41, 5.74) is 0. The second kappa shape index (κ2) is 14.5. The average molecular weight is 313 g/mol. The second-order valence-electron chi connectivity index (χ2n) is 7.15. The molecule has 1 heterocycles. The average Bonchev–Trinajstić information content (AvgIpc) is 2.56. The third kappa shape index (κ3) is 11.5. The van der Waals surface area contributed by atoms with E-state index in [0.29, 0.717) is 0 Å². The molecule has 2 atom stereocenters. The van der Waals surface area contributed by atoms with Crippen molar-refractivity contribution in [2.45, 2.75) is 110 Å². The molecular weight excluding hydrogens is 272 g/mol. The first-order chi connectivity index (χ1) is 10.8. The van der Waals surface area contributed by atoms with Gasteiger partial charge in [0.25, 0.3) is 0 Å². The Kier molecular flexibility index (Phi) is 13.2. The molecule has 2 nitrogen and oxygen atoms in total. The molecular formula is C20H40O2. The fraction of sp³-hybridized carbons (Fsp3) is 1.00. The molecule has 1 rings (SSSR count). The Hall–Kier alpha value is -0.0800. The highest BCUT2D eigenvalue weighted by Crippen LogP contribution is 2.16. The van der Waals surface area contributed by atoms with Crippen LogP contribution in [-0.4, -0.2) is 19.5 Å². The van der Waals surface area contributed by atoms with Gasteiger partial charge in [0.05, 0.1) is 0 Å². The molecule has 0 radical (unpaired) electrons. The molecule has 1 saturated heterocycles. The third-order valence-electron chi connectivity index (χ3n) is 4.98. The maximum Gasteiger partial charge on any atom is 0.157 e. The maximum absolute atomic E-state index is 5.76. The molecule has 1 fully saturated rings. The zero-order valence-corrected chi connectivity index (χ0v) is 15.3. The number of unbranched alkanes of at least 4 members (excludes halogenated alkanes) is 8. The standard InChI is InChI=1S/C20H40O2/c1-3-19(2)15-11-9-7-5-4-6-8-10-13-17-21-20-16-12-14-18-22-20/h19-20H,3-18H2,1-2H3. The van der Waals surface area contributed by atoms with Crippen LogP contribution < -0.4 is 0 Å². The first-order valence-electron chi connectivity index (χ1n) is 10.1. The first-order valence-corrected chi connectivity index (χ1v) is 10.1. The minimum atomic E-state index is 0.101. The summed E-state index contributed by atoms with van der Waals surface area (Å²) in [6, 6.07) is 0. The molecule has 0 aromatic heterocycles. The first kappa shape index (κ1) is 20.0. The van der Waals surface area contributed by atoms with E-state index in [0.717, 1.165) is 25.6 Å². The Morgan fingerprint density at radius 2 is 1.55 bits per heavy atom. The van der Waals surface area contributed by atoms with E-state index < -0.39 is 0 Å². The van der Waals surface area contributed by atoms with E-state index in [2.05, 4.69) is 13.8 Å². The Bertz CT molecular complexity index is 224. The van der Waals surface area contributed by atoms with Gasteiger partial charge < -0.3 is 9.47 Å². The summed E-state index contributed by atoms with van der Waals surface area (Å²) < 4.78 is 11.3. The van der Waals surface area contributed by atoms with Gasteiger partial charge in [-0.05, 0) is 31.6 Å². The van der Waals surface area contributed by atoms with Gasteiger partial charge in [-0.15, -0.1) is 0 Å². The van der Waals surface area contributed by atoms with Crippen molar-refractivity contribution in [2.75, 3.05) is 13.2 Å². The summed E-state index contributed by atoms with van der Waals surface area (Å²) in [6.45, 7) is 6.46. The van der Waals surface area contributed by atoms with Gasteiger partial charge in [-0.3, -0.25) is 0 Å². The fourth-order valence-electron chi connectivity index (χ4n) is 3.09. The van der Waals surface area contributed by atoms with Gasteiger partial charge in [-0.1, -0.05) is 78.1 Å². The monoisotopic (exact) mass is 312 g/mol. The molecule has 0 spiro atoms. The van der Waals surface area contributed by atoms with E-state index in [1.54, 1.807) is 0 Å². The van der Waals surface area contributed by atoms with Crippen molar-refractivity contribution in [3.8, 4) is 0 Å². The Labute approximate surface area is 139 Å². The SMILES string of the molecule is CCC(C)CCCCCCCCCCCOC1CCCCO1. The van der Waals surface area contributed by atoms with E-state index >= 15 is 0 Å². The van der Waals surface area contributed by atoms with Gasteiger partial charge in [-0.2, -0.15) is 0 Å². The van der Waals surface area contributed by atoms with Gasteiger partial charge in [0.15, 0.2) is 6.29 Å². The zero-order valence-electron chi connectivity index (χ0n) is 15.3. The molecule has 1 aliphatic heterocycles. The van der Waals surface area contributed by atoms with Crippen LogP contribution in [0.5, 0.6) is 0 Å². The van der Waals surface area contributed by atoms with Crippen LogP contribution in [0, 0.1) is 5.92 Å². The smallest absolute Gasteiger partial charge is 0.157 e. The van der Waals surface area contributed by atoms with Gasteiger partial charge >= 0.3 is 0 Å². The van der Waals surface area contributed by atoms with Crippen molar-refractivity contribution in [2.24, 2.45) is 5.92 Å². The van der Waals surface area contributed by atoms with Crippen LogP contribution in [0.2, 0.25) is 0 Å². The van der Waals surface area contributed by atoms with E-state index in [1.807, 2.05) is 0 Å². The molecule has 0 saturated carbocycles. The lowest BCUT2D eigenvalue weighted by molar-refractivity contribution is -0.162. The fourth-order valence-corrected chi connectivity index (χ4v) is 3.09. The Morgan fingerprint density at radius 1 is 0.909 bits per heavy atom. The zero-order chi connectivity index (χ0) is 15.9. The van der Waals surface area contributed by atoms with Crippen LogP contribution >= 0.6 is 0 Å². The van der Waals surface area contributed by atoms with Crippen molar-refractivity contribution in [3.63, 3.8) is 0 Å². The van der Waals surface area contributed by atoms with Crippen molar-refractivity contribution in [1.29, 1.82) is 0 Å². The molecule has 0 bridgehead atoms. The topological polar surface area (TPSA) is 18.5 Å². The molecule has 2 heteroatoms. The number of ether oxygens (including phenoxy) is 2. The number of hydrogen-bond donors (Lipinski definition) is 0. The van der Waals surface area contributed by atoms with E-state index in [9.17, 15) is 0 Å². The lowest BCUT2D eigenvalue weighted by atomic mass is 9.99. The lowest BCUT2D eigenvalue weighted by Gasteiger charge is -2.22. The highest BCUT2D eigenvalue weighted by Gasteiger charge is 2.13. The normalized spacial score (nSPS) is 20.2. The summed E-state index contributed by atoms with van der Waals surface area (Å²) in [5.74, 6) is 0.932. The number of rotatable bonds is 14. The lowest BCUT2D eigenvalue weighted by Crippen LogP contribution is -2.22. The predicted molar refractivity (Wildman–Crippen MR) is 95.2 cm³/mol. The molecule has 22 heavy (non-hydrogen) atoms. The summed E-state index contributed by atoms with van der Waals surface area (Å²) in [5, 5.41) is 0. The highest BCUT2D eigenvalue weighted by molar-refractivity contribution is 4.55. The van der Waals surface area contributed by atoms with Crippen LogP contribution in [0.25, 0.3) is 0 Å². The van der Waals surface area contributed by atoms with Gasteiger partial charge in [0.2, 0.25) is 0 Å². The summed E-state index contributed by atoms with van der Waals surface area (Å²) >= 11 is 0. The summed E-state index contributed by atoms with van der Waals surface area (Å²) in [7, 11) is 0. The molecule has 0 aromatic carbocycles. The minimum Gasteiger partial charge on any atom is -0.353 e. The summed E-state index contributed by atoms with van der Waals surface area (Å²) in [4.78, 5) is 0. The van der Waals surface area contributed by atoms with E-state index in [4.69, 9.17) is 9.47 Å². The van der Waals surface area contributed by atoms with Crippen molar-refractivity contribution in [1.82, 2.24) is 0 Å². The molecule has 1 aliphatic rings. The van der Waals surface area contributed by atoms with Crippen LogP contribution in [-0.2, 0) is 9.47 Å². The van der Waals surface area contributed by atoms with Crippen molar-refractivity contribution < 1.29 is 9.47 Å². The molecule has 0 N–H and O–H groups in total. The molecule has 0 aliphatic carbocycles. The molecule has 0 aromatic rings. The van der Waals surface area contributed by atoms with Gasteiger partial charge in [-0.25, -0.2) is 0 Å². The van der Waals surface area contributed by atoms with Crippen LogP contribution in [0.4, 0.5) is 0 Å². The summed E-state index contributed by atoms with van der Waals surface area (Å²) in [6.07, 6.45) is 18.9. The molecule has 0 amide bonds. The number of hydrogen-bond acceptors (Lipinski definition) is 2. The van der Waals surface area contributed by atoms with Gasteiger partial charge in [0.1, 0.15) is 0 Å². The van der Waals surface area contributed by atoms with Crippen molar-refractivity contribution in [3.05, 3.63) is 0 Å². The molecule has 2 unspecified atom stereocenters. The Balaban J connectivity index is 1.71. The predicted octanol–water partition coefficient (Wildman–Crippen LogP) is 6.48. The van der Waals surface area contributed by atoms with Crippen LogP contribution in [0.15, 0.2) is 0 Å². The van der Waals surface area contributed by atoms with Crippen LogP contribution in [0.3, 0.4) is 0 Å². The van der Waals surface area contributed by atoms with Gasteiger partial charge in [0, 0.05) is 13.2 Å². The maximum atomic E-state index is 5.76. The van der Waals surface area contributed by atoms with Crippen molar-refractivity contribution >= 4 is 0 Å². The highest BCUT2D eigenvalue weighted by atomic mass is 16.7. The largest absolute Gasteiger partial charge is 0.353 e. The van der Waals surface area contributed by atoms with E-state index in [-0.39, 0.29) is 6.29 Å². The Morgan fingerprint density at radius 3 is 2.14 bits per heavy atom. The van der Waals surface area contributed by atoms with Crippen LogP contribution in [0.1, 0.15) is 104 Å². The second-order valence-corrected chi connectivity index (χ2v) is 7.15.